The van der Waals surface area contributed by atoms with Gasteiger partial charge in [0.1, 0.15) is 5.82 Å². The zero-order valence-corrected chi connectivity index (χ0v) is 11.0. The van der Waals surface area contributed by atoms with Gasteiger partial charge in [0.15, 0.2) is 0 Å². The average Bonchev–Trinajstić information content (AvgIpc) is 2.92. The van der Waals surface area contributed by atoms with Gasteiger partial charge in [-0.1, -0.05) is 12.1 Å². The van der Waals surface area contributed by atoms with Crippen LogP contribution < -0.4 is 0 Å². The highest BCUT2D eigenvalue weighted by Gasteiger charge is 2.08. The molecule has 1 aromatic heterocycles. The second-order valence-electron chi connectivity index (χ2n) is 4.71. The van der Waals surface area contributed by atoms with Crippen LogP contribution in [0.5, 0.6) is 0 Å². The maximum atomic E-state index is 14.0. The van der Waals surface area contributed by atoms with Crippen molar-refractivity contribution in [3.05, 3.63) is 71.2 Å². The molecule has 2 aromatic carbocycles. The molecule has 0 bridgehead atoms. The first-order valence-corrected chi connectivity index (χ1v) is 6.39. The van der Waals surface area contributed by atoms with Crippen LogP contribution in [0, 0.1) is 28.5 Å². The average molecular weight is 275 g/mol. The number of hydrogen-bond acceptors (Lipinski definition) is 2. The molecule has 1 heterocycles. The lowest BCUT2D eigenvalue weighted by atomic mass is 10.1. The quantitative estimate of drug-likeness (QED) is 0.717. The van der Waals surface area contributed by atoms with Crippen molar-refractivity contribution in [2.75, 3.05) is 0 Å². The van der Waals surface area contributed by atoms with Crippen LogP contribution >= 0.6 is 0 Å². The largest absolute Gasteiger partial charge is 0.343 e. The van der Waals surface area contributed by atoms with Crippen LogP contribution in [-0.4, -0.2) is 4.57 Å². The first-order chi connectivity index (χ1) is 10.2. The molecule has 21 heavy (non-hydrogen) atoms. The van der Waals surface area contributed by atoms with E-state index < -0.39 is 5.82 Å². The molecule has 0 aliphatic rings. The van der Waals surface area contributed by atoms with E-state index in [0.29, 0.717) is 23.2 Å². The van der Waals surface area contributed by atoms with Gasteiger partial charge in [0.05, 0.1) is 29.8 Å². The zero-order valence-electron chi connectivity index (χ0n) is 11.0. The minimum absolute atomic E-state index is 0.306. The predicted octanol–water partition coefficient (Wildman–Crippen LogP) is 3.57. The van der Waals surface area contributed by atoms with Crippen LogP contribution in [0.2, 0.25) is 0 Å². The van der Waals surface area contributed by atoms with Gasteiger partial charge in [0.2, 0.25) is 0 Å². The summed E-state index contributed by atoms with van der Waals surface area (Å²) in [5, 5.41) is 18.7. The maximum absolute atomic E-state index is 14.0. The molecule has 3 aromatic rings. The molecule has 3 nitrogen and oxygen atoms in total. The summed E-state index contributed by atoms with van der Waals surface area (Å²) in [4.78, 5) is 0. The lowest BCUT2D eigenvalue weighted by Crippen LogP contribution is -2.01. The number of fused-ring (bicyclic) bond motifs is 1. The number of halogens is 1. The Hall–Kier alpha value is -3.11. The van der Waals surface area contributed by atoms with Crippen LogP contribution in [0.3, 0.4) is 0 Å². The molecule has 0 saturated carbocycles. The second kappa shape index (κ2) is 5.11. The van der Waals surface area contributed by atoms with Crippen LogP contribution in [0.4, 0.5) is 4.39 Å². The van der Waals surface area contributed by atoms with Gasteiger partial charge in [-0.05, 0) is 30.3 Å². The number of nitriles is 2. The van der Waals surface area contributed by atoms with Crippen molar-refractivity contribution in [2.45, 2.75) is 6.54 Å². The topological polar surface area (TPSA) is 52.5 Å². The van der Waals surface area contributed by atoms with E-state index in [0.717, 1.165) is 10.9 Å². The van der Waals surface area contributed by atoms with Crippen molar-refractivity contribution in [1.82, 2.24) is 4.57 Å². The number of benzene rings is 2. The summed E-state index contributed by atoms with van der Waals surface area (Å²) < 4.78 is 15.8. The van der Waals surface area contributed by atoms with E-state index in [4.69, 9.17) is 10.5 Å². The van der Waals surface area contributed by atoms with Crippen molar-refractivity contribution < 1.29 is 4.39 Å². The fraction of sp³-hybridized carbons (Fsp3) is 0.0588. The Morgan fingerprint density at radius 1 is 1.05 bits per heavy atom. The molecule has 0 spiro atoms. The van der Waals surface area contributed by atoms with E-state index in [-0.39, 0.29) is 0 Å². The summed E-state index contributed by atoms with van der Waals surface area (Å²) in [7, 11) is 0. The van der Waals surface area contributed by atoms with Gasteiger partial charge in [-0.25, -0.2) is 4.39 Å². The number of nitrogens with zero attached hydrogens (tertiary/aromatic N) is 3. The number of aromatic nitrogens is 1. The Kier molecular flexibility index (Phi) is 3.14. The van der Waals surface area contributed by atoms with Gasteiger partial charge >= 0.3 is 0 Å². The molecule has 0 aliphatic heterocycles. The predicted molar refractivity (Wildman–Crippen MR) is 76.9 cm³/mol. The first-order valence-electron chi connectivity index (χ1n) is 6.39. The summed E-state index contributed by atoms with van der Waals surface area (Å²) in [5.41, 5.74) is 2.30. The van der Waals surface area contributed by atoms with E-state index in [1.807, 2.05) is 35.0 Å². The fourth-order valence-electron chi connectivity index (χ4n) is 2.39. The normalized spacial score (nSPS) is 10.2. The Morgan fingerprint density at radius 3 is 2.62 bits per heavy atom. The summed E-state index contributed by atoms with van der Waals surface area (Å²) in [6, 6.07) is 15.9. The Balaban J connectivity index is 2.04. The molecule has 0 radical (unpaired) electrons. The van der Waals surface area contributed by atoms with Gasteiger partial charge in [-0.15, -0.1) is 0 Å². The van der Waals surface area contributed by atoms with Gasteiger partial charge < -0.3 is 4.57 Å². The van der Waals surface area contributed by atoms with Crippen molar-refractivity contribution in [3.8, 4) is 12.1 Å². The molecule has 0 amide bonds. The van der Waals surface area contributed by atoms with E-state index in [1.165, 1.54) is 6.07 Å². The third-order valence-corrected chi connectivity index (χ3v) is 3.46. The van der Waals surface area contributed by atoms with E-state index in [2.05, 4.69) is 6.07 Å². The van der Waals surface area contributed by atoms with Crippen molar-refractivity contribution in [1.29, 1.82) is 10.5 Å². The van der Waals surface area contributed by atoms with Crippen LogP contribution in [0.25, 0.3) is 10.9 Å². The monoisotopic (exact) mass is 275 g/mol. The third kappa shape index (κ3) is 2.24. The van der Waals surface area contributed by atoms with Gasteiger partial charge in [0, 0.05) is 22.7 Å². The highest BCUT2D eigenvalue weighted by molar-refractivity contribution is 5.86. The number of rotatable bonds is 2. The SMILES string of the molecule is N#Cc1ccc(Cn2ccc3c(C#N)cccc32)c(F)c1. The van der Waals surface area contributed by atoms with Crippen LogP contribution in [-0.2, 0) is 6.54 Å². The standard InChI is InChI=1S/C17H10FN3/c18-16-8-12(9-19)4-5-14(16)11-21-7-6-15-13(10-20)2-1-3-17(15)21/h1-8H,11H2. The summed E-state index contributed by atoms with van der Waals surface area (Å²) in [6.45, 7) is 0.357. The lowest BCUT2D eigenvalue weighted by molar-refractivity contribution is 0.601. The molecular formula is C17H10FN3. The molecule has 0 aliphatic carbocycles. The van der Waals surface area contributed by atoms with Crippen LogP contribution in [0.1, 0.15) is 16.7 Å². The van der Waals surface area contributed by atoms with E-state index in [1.54, 1.807) is 18.2 Å². The Morgan fingerprint density at radius 2 is 1.90 bits per heavy atom. The third-order valence-electron chi connectivity index (χ3n) is 3.46. The van der Waals surface area contributed by atoms with E-state index >= 15 is 0 Å². The fourth-order valence-corrected chi connectivity index (χ4v) is 2.39. The van der Waals surface area contributed by atoms with Crippen molar-refractivity contribution in [2.24, 2.45) is 0 Å². The maximum Gasteiger partial charge on any atom is 0.129 e. The first kappa shape index (κ1) is 12.9. The van der Waals surface area contributed by atoms with E-state index in [9.17, 15) is 4.39 Å². The molecule has 0 N–H and O–H groups in total. The highest BCUT2D eigenvalue weighted by atomic mass is 19.1. The van der Waals surface area contributed by atoms with Crippen molar-refractivity contribution in [3.63, 3.8) is 0 Å². The molecule has 100 valence electrons. The minimum Gasteiger partial charge on any atom is -0.343 e. The molecule has 0 saturated heterocycles. The molecular weight excluding hydrogens is 265 g/mol. The smallest absolute Gasteiger partial charge is 0.129 e. The highest BCUT2D eigenvalue weighted by Crippen LogP contribution is 2.21. The molecule has 0 atom stereocenters. The van der Waals surface area contributed by atoms with Crippen molar-refractivity contribution >= 4 is 10.9 Å². The van der Waals surface area contributed by atoms with Gasteiger partial charge in [-0.3, -0.25) is 0 Å². The summed E-state index contributed by atoms with van der Waals surface area (Å²) >= 11 is 0. The zero-order chi connectivity index (χ0) is 14.8. The van der Waals surface area contributed by atoms with Gasteiger partial charge in [-0.2, -0.15) is 10.5 Å². The van der Waals surface area contributed by atoms with Gasteiger partial charge in [0.25, 0.3) is 0 Å². The lowest BCUT2D eigenvalue weighted by Gasteiger charge is -2.07. The molecule has 4 heteroatoms. The number of hydrogen-bond donors (Lipinski definition) is 0. The summed E-state index contributed by atoms with van der Waals surface area (Å²) in [5.74, 6) is -0.396. The molecule has 0 unspecified atom stereocenters. The molecule has 3 rings (SSSR count). The minimum atomic E-state index is -0.396. The molecule has 0 fully saturated rings. The Labute approximate surface area is 121 Å². The summed E-state index contributed by atoms with van der Waals surface area (Å²) in [6.07, 6.45) is 1.84. The Bertz CT molecular complexity index is 910. The second-order valence-corrected chi connectivity index (χ2v) is 4.71. The van der Waals surface area contributed by atoms with Crippen LogP contribution in [0.15, 0.2) is 48.7 Å².